The number of rotatable bonds is 3. The molecule has 0 spiro atoms. The van der Waals surface area contributed by atoms with E-state index in [0.29, 0.717) is 18.7 Å². The van der Waals surface area contributed by atoms with E-state index in [1.165, 1.54) is 0 Å². The van der Waals surface area contributed by atoms with Crippen molar-refractivity contribution in [2.45, 2.75) is 20.0 Å². The topological polar surface area (TPSA) is 58.4 Å². The minimum Gasteiger partial charge on any atom is -0.486 e. The summed E-state index contributed by atoms with van der Waals surface area (Å²) in [4.78, 5) is 6.55. The Kier molecular flexibility index (Phi) is 4.07. The number of likely N-dealkylation sites (N-methyl/N-ethyl adjacent to an activating group) is 1. The van der Waals surface area contributed by atoms with Gasteiger partial charge in [0, 0.05) is 7.05 Å². The Labute approximate surface area is 136 Å². The number of hydrogen-bond acceptors (Lipinski definition) is 5. The summed E-state index contributed by atoms with van der Waals surface area (Å²) in [7, 11) is 1.97. The third kappa shape index (κ3) is 3.07. The minimum atomic E-state index is -0.0621. The van der Waals surface area contributed by atoms with Gasteiger partial charge in [-0.05, 0) is 37.6 Å². The van der Waals surface area contributed by atoms with Crippen LogP contribution in [0.25, 0.3) is 0 Å². The van der Waals surface area contributed by atoms with Gasteiger partial charge in [-0.3, -0.25) is 0 Å². The van der Waals surface area contributed by atoms with Crippen molar-refractivity contribution in [1.29, 1.82) is 5.26 Å². The van der Waals surface area contributed by atoms with Crippen LogP contribution in [0.2, 0.25) is 0 Å². The first-order valence-electron chi connectivity index (χ1n) is 7.56. The molecule has 2 heterocycles. The van der Waals surface area contributed by atoms with E-state index < -0.39 is 0 Å². The van der Waals surface area contributed by atoms with Crippen molar-refractivity contribution in [3.8, 4) is 17.6 Å². The molecular weight excluding hydrogens is 290 g/mol. The third-order valence-electron chi connectivity index (χ3n) is 3.93. The van der Waals surface area contributed by atoms with E-state index >= 15 is 0 Å². The molecule has 0 saturated heterocycles. The molecule has 0 radical (unpaired) electrons. The predicted molar refractivity (Wildman–Crippen MR) is 88.0 cm³/mol. The lowest BCUT2D eigenvalue weighted by Crippen LogP contribution is -2.39. The monoisotopic (exact) mass is 309 g/mol. The maximum Gasteiger partial charge on any atom is 0.161 e. The van der Waals surface area contributed by atoms with Crippen LogP contribution < -0.4 is 14.4 Å². The van der Waals surface area contributed by atoms with Gasteiger partial charge < -0.3 is 14.4 Å². The van der Waals surface area contributed by atoms with Gasteiger partial charge in [-0.25, -0.2) is 4.98 Å². The Bertz CT molecular complexity index is 744. The summed E-state index contributed by atoms with van der Waals surface area (Å²) in [6, 6.07) is 11.8. The molecule has 0 aliphatic carbocycles. The summed E-state index contributed by atoms with van der Waals surface area (Å²) in [5, 5.41) is 9.14. The first-order valence-corrected chi connectivity index (χ1v) is 7.56. The molecule has 1 aliphatic rings. The van der Waals surface area contributed by atoms with E-state index in [-0.39, 0.29) is 6.10 Å². The zero-order chi connectivity index (χ0) is 16.4. The molecule has 3 rings (SSSR count). The first kappa shape index (κ1) is 15.2. The van der Waals surface area contributed by atoms with E-state index in [2.05, 4.69) is 11.1 Å². The number of hydrogen-bond donors (Lipinski definition) is 0. The Morgan fingerprint density at radius 1 is 1.30 bits per heavy atom. The Morgan fingerprint density at radius 3 is 2.74 bits per heavy atom. The lowest BCUT2D eigenvalue weighted by Gasteiger charge is -2.30. The molecule has 23 heavy (non-hydrogen) atoms. The molecule has 0 bridgehead atoms. The van der Waals surface area contributed by atoms with Crippen molar-refractivity contribution in [3.05, 3.63) is 47.2 Å². The normalized spacial score (nSPS) is 15.8. The number of fused-ring (bicyclic) bond motifs is 1. The van der Waals surface area contributed by atoms with Gasteiger partial charge in [0.05, 0.1) is 17.8 Å². The number of benzene rings is 1. The zero-order valence-corrected chi connectivity index (χ0v) is 13.5. The molecule has 1 aliphatic heterocycles. The van der Waals surface area contributed by atoms with Gasteiger partial charge in [-0.2, -0.15) is 5.26 Å². The maximum absolute atomic E-state index is 9.14. The Hall–Kier alpha value is -2.74. The van der Waals surface area contributed by atoms with Crippen LogP contribution in [-0.4, -0.2) is 31.3 Å². The van der Waals surface area contributed by atoms with Crippen molar-refractivity contribution in [2.24, 2.45) is 0 Å². The molecule has 1 unspecified atom stereocenters. The Balaban J connectivity index is 1.73. The van der Waals surface area contributed by atoms with Crippen molar-refractivity contribution in [2.75, 3.05) is 25.1 Å². The number of pyridine rings is 1. The van der Waals surface area contributed by atoms with E-state index in [1.54, 1.807) is 0 Å². The summed E-state index contributed by atoms with van der Waals surface area (Å²) in [6.45, 7) is 4.96. The number of nitriles is 1. The first-order chi connectivity index (χ1) is 11.1. The SMILES string of the molecule is Cc1cc(N(C)CC2COc3ccccc3O2)nc(C)c1C#N. The highest BCUT2D eigenvalue weighted by atomic mass is 16.6. The molecule has 118 valence electrons. The molecule has 0 N–H and O–H groups in total. The molecular formula is C18H19N3O2. The lowest BCUT2D eigenvalue weighted by molar-refractivity contribution is 0.0959. The zero-order valence-electron chi connectivity index (χ0n) is 13.5. The van der Waals surface area contributed by atoms with Crippen LogP contribution in [0.15, 0.2) is 30.3 Å². The van der Waals surface area contributed by atoms with Gasteiger partial charge in [0.25, 0.3) is 0 Å². The molecule has 1 aromatic carbocycles. The minimum absolute atomic E-state index is 0.0621. The summed E-state index contributed by atoms with van der Waals surface area (Å²) < 4.78 is 11.7. The lowest BCUT2D eigenvalue weighted by atomic mass is 10.1. The second-order valence-electron chi connectivity index (χ2n) is 5.75. The molecule has 2 aromatic rings. The number of aromatic nitrogens is 1. The molecule has 5 heteroatoms. The fourth-order valence-corrected chi connectivity index (χ4v) is 2.73. The van der Waals surface area contributed by atoms with Gasteiger partial charge in [0.15, 0.2) is 17.6 Å². The summed E-state index contributed by atoms with van der Waals surface area (Å²) >= 11 is 0. The highest BCUT2D eigenvalue weighted by Gasteiger charge is 2.22. The van der Waals surface area contributed by atoms with Crippen molar-refractivity contribution < 1.29 is 9.47 Å². The molecule has 1 atom stereocenters. The molecule has 0 amide bonds. The highest BCUT2D eigenvalue weighted by Crippen LogP contribution is 2.31. The summed E-state index contributed by atoms with van der Waals surface area (Å²) in [5.74, 6) is 2.40. The van der Waals surface area contributed by atoms with Crippen LogP contribution in [0.1, 0.15) is 16.8 Å². The van der Waals surface area contributed by atoms with Crippen LogP contribution in [-0.2, 0) is 0 Å². The van der Waals surface area contributed by atoms with E-state index in [4.69, 9.17) is 14.7 Å². The van der Waals surface area contributed by atoms with E-state index in [0.717, 1.165) is 28.6 Å². The highest BCUT2D eigenvalue weighted by molar-refractivity contribution is 5.50. The van der Waals surface area contributed by atoms with Gasteiger partial charge in [-0.1, -0.05) is 12.1 Å². The average molecular weight is 309 g/mol. The second-order valence-corrected chi connectivity index (χ2v) is 5.75. The van der Waals surface area contributed by atoms with Gasteiger partial charge >= 0.3 is 0 Å². The average Bonchev–Trinajstić information content (AvgIpc) is 2.54. The van der Waals surface area contributed by atoms with E-state index in [9.17, 15) is 0 Å². The Morgan fingerprint density at radius 2 is 2.04 bits per heavy atom. The van der Waals surface area contributed by atoms with Gasteiger partial charge in [-0.15, -0.1) is 0 Å². The standard InChI is InChI=1S/C18H19N3O2/c1-12-8-18(20-13(2)15(12)9-19)21(3)10-14-11-22-16-6-4-5-7-17(16)23-14/h4-8,14H,10-11H2,1-3H3. The quantitative estimate of drug-likeness (QED) is 0.872. The fraction of sp³-hybridized carbons (Fsp3) is 0.333. The van der Waals surface area contributed by atoms with Crippen molar-refractivity contribution in [1.82, 2.24) is 4.98 Å². The molecule has 0 saturated carbocycles. The molecule has 5 nitrogen and oxygen atoms in total. The third-order valence-corrected chi connectivity index (χ3v) is 3.93. The largest absolute Gasteiger partial charge is 0.486 e. The van der Waals surface area contributed by atoms with Gasteiger partial charge in [0.2, 0.25) is 0 Å². The summed E-state index contributed by atoms with van der Waals surface area (Å²) in [6.07, 6.45) is -0.0621. The van der Waals surface area contributed by atoms with Gasteiger partial charge in [0.1, 0.15) is 18.5 Å². The van der Waals surface area contributed by atoms with Crippen LogP contribution in [0.4, 0.5) is 5.82 Å². The smallest absolute Gasteiger partial charge is 0.161 e. The van der Waals surface area contributed by atoms with Crippen molar-refractivity contribution in [3.63, 3.8) is 0 Å². The fourth-order valence-electron chi connectivity index (χ4n) is 2.73. The number of anilines is 1. The summed E-state index contributed by atoms with van der Waals surface area (Å²) in [5.41, 5.74) is 2.34. The van der Waals surface area contributed by atoms with Crippen molar-refractivity contribution >= 4 is 5.82 Å². The van der Waals surface area contributed by atoms with Crippen LogP contribution in [0.3, 0.4) is 0 Å². The number of aryl methyl sites for hydroxylation is 2. The predicted octanol–water partition coefficient (Wildman–Crippen LogP) is 2.85. The van der Waals surface area contributed by atoms with E-state index in [1.807, 2.05) is 56.1 Å². The van der Waals surface area contributed by atoms with Crippen LogP contribution >= 0.6 is 0 Å². The second kappa shape index (κ2) is 6.17. The maximum atomic E-state index is 9.14. The number of para-hydroxylation sites is 2. The van der Waals surface area contributed by atoms with Crippen LogP contribution in [0, 0.1) is 25.2 Å². The van der Waals surface area contributed by atoms with Crippen LogP contribution in [0.5, 0.6) is 11.5 Å². The number of nitrogens with zero attached hydrogens (tertiary/aromatic N) is 3. The molecule has 0 fully saturated rings. The molecule has 1 aromatic heterocycles. The number of ether oxygens (including phenoxy) is 2.